The van der Waals surface area contributed by atoms with Crippen molar-refractivity contribution in [1.82, 2.24) is 9.29 Å². The Morgan fingerprint density at radius 3 is 3.09 bits per heavy atom. The van der Waals surface area contributed by atoms with Gasteiger partial charge in [-0.1, -0.05) is 11.6 Å². The minimum absolute atomic E-state index is 0.0697. The highest BCUT2D eigenvalue weighted by atomic mass is 35.5. The van der Waals surface area contributed by atoms with E-state index >= 15 is 0 Å². The number of benzene rings is 1. The van der Waals surface area contributed by atoms with Crippen LogP contribution in [0.5, 0.6) is 5.75 Å². The number of nitrogens with zero attached hydrogens (tertiary/aromatic N) is 2. The topological polar surface area (TPSA) is 67.0 Å². The standard InChI is InChI=1S/C14H11ClFN3O2S/c15-8-5-11-14(12(6-8)21-4-2-17)9-7-13(20)18-3-1-10(9)19(11)22-16/h5-6H,1,3-4,7H2,(H,18,20). The van der Waals surface area contributed by atoms with Crippen LogP contribution in [0.4, 0.5) is 3.89 Å². The molecule has 1 aliphatic rings. The first-order chi connectivity index (χ1) is 10.7. The zero-order valence-electron chi connectivity index (χ0n) is 11.4. The Balaban J connectivity index is 2.30. The Hall–Kier alpha value is -1.91. The molecule has 2 aromatic rings. The summed E-state index contributed by atoms with van der Waals surface area (Å²) in [6, 6.07) is 5.11. The van der Waals surface area contributed by atoms with Crippen LogP contribution in [0.15, 0.2) is 12.1 Å². The second-order valence-corrected chi connectivity index (χ2v) is 5.75. The maximum Gasteiger partial charge on any atom is 0.224 e. The largest absolute Gasteiger partial charge is 0.478 e. The third-order valence-electron chi connectivity index (χ3n) is 3.54. The van der Waals surface area contributed by atoms with Crippen LogP contribution in [0, 0.1) is 11.3 Å². The predicted molar refractivity (Wildman–Crippen MR) is 82.6 cm³/mol. The van der Waals surface area contributed by atoms with E-state index in [4.69, 9.17) is 21.6 Å². The van der Waals surface area contributed by atoms with Crippen molar-refractivity contribution in [1.29, 1.82) is 5.26 Å². The van der Waals surface area contributed by atoms with Gasteiger partial charge in [0, 0.05) is 29.1 Å². The third-order valence-corrected chi connectivity index (χ3v) is 4.32. The maximum absolute atomic E-state index is 13.5. The van der Waals surface area contributed by atoms with Crippen molar-refractivity contribution in [3.05, 3.63) is 28.4 Å². The number of aromatic nitrogens is 1. The molecule has 1 N–H and O–H groups in total. The van der Waals surface area contributed by atoms with Crippen LogP contribution >= 0.6 is 23.9 Å². The number of fused-ring (bicyclic) bond motifs is 3. The van der Waals surface area contributed by atoms with Crippen molar-refractivity contribution < 1.29 is 13.4 Å². The van der Waals surface area contributed by atoms with Crippen LogP contribution in [0.3, 0.4) is 0 Å². The van der Waals surface area contributed by atoms with Gasteiger partial charge in [-0.05, 0) is 17.7 Å². The molecule has 0 unspecified atom stereocenters. The lowest BCUT2D eigenvalue weighted by Crippen LogP contribution is -2.24. The average molecular weight is 340 g/mol. The first-order valence-corrected chi connectivity index (χ1v) is 7.62. The number of nitriles is 1. The van der Waals surface area contributed by atoms with Gasteiger partial charge in [-0.3, -0.25) is 8.77 Å². The molecule has 1 aromatic carbocycles. The Kier molecular flexibility index (Phi) is 4.14. The molecule has 0 atom stereocenters. The smallest absolute Gasteiger partial charge is 0.224 e. The predicted octanol–water partition coefficient (Wildman–Crippen LogP) is 2.79. The van der Waals surface area contributed by atoms with Gasteiger partial charge in [0.05, 0.1) is 11.9 Å². The van der Waals surface area contributed by atoms with Crippen LogP contribution < -0.4 is 10.1 Å². The van der Waals surface area contributed by atoms with Gasteiger partial charge >= 0.3 is 0 Å². The summed E-state index contributed by atoms with van der Waals surface area (Å²) in [7, 11) is 0. The number of hydrogen-bond acceptors (Lipinski definition) is 4. The number of hydrogen-bond donors (Lipinski definition) is 1. The van der Waals surface area contributed by atoms with Crippen LogP contribution in [0.1, 0.15) is 11.3 Å². The van der Waals surface area contributed by atoms with E-state index in [-0.39, 0.29) is 31.3 Å². The molecule has 3 rings (SSSR count). The molecular weight excluding hydrogens is 329 g/mol. The highest BCUT2D eigenvalue weighted by molar-refractivity contribution is 7.93. The monoisotopic (exact) mass is 339 g/mol. The number of amides is 1. The van der Waals surface area contributed by atoms with Gasteiger partial charge in [0.25, 0.3) is 0 Å². The lowest BCUT2D eigenvalue weighted by molar-refractivity contribution is -0.120. The van der Waals surface area contributed by atoms with Gasteiger partial charge in [0.15, 0.2) is 18.9 Å². The molecule has 0 saturated heterocycles. The summed E-state index contributed by atoms with van der Waals surface area (Å²) in [5.74, 6) is 0.269. The Labute approximate surface area is 135 Å². The van der Waals surface area contributed by atoms with Crippen LogP contribution in [0.2, 0.25) is 5.02 Å². The van der Waals surface area contributed by atoms with E-state index in [0.717, 1.165) is 11.3 Å². The average Bonchev–Trinajstić information content (AvgIpc) is 2.64. The number of nitrogens with one attached hydrogen (secondary N) is 1. The van der Waals surface area contributed by atoms with Crippen molar-refractivity contribution in [3.8, 4) is 11.8 Å². The van der Waals surface area contributed by atoms with Gasteiger partial charge in [-0.15, -0.1) is 3.89 Å². The van der Waals surface area contributed by atoms with Gasteiger partial charge in [0.2, 0.25) is 5.91 Å². The summed E-state index contributed by atoms with van der Waals surface area (Å²) >= 11 is 6.14. The second-order valence-electron chi connectivity index (χ2n) is 4.81. The number of carbonyl (C=O) groups is 1. The minimum atomic E-state index is -0.148. The second kappa shape index (κ2) is 6.07. The normalized spacial score (nSPS) is 14.1. The van der Waals surface area contributed by atoms with Crippen molar-refractivity contribution in [2.75, 3.05) is 13.2 Å². The molecule has 0 fully saturated rings. The lowest BCUT2D eigenvalue weighted by atomic mass is 10.1. The molecule has 0 spiro atoms. The molecule has 0 saturated carbocycles. The summed E-state index contributed by atoms with van der Waals surface area (Å²) in [5, 5.41) is 12.5. The van der Waals surface area contributed by atoms with E-state index in [2.05, 4.69) is 5.32 Å². The highest BCUT2D eigenvalue weighted by Crippen LogP contribution is 2.39. The zero-order chi connectivity index (χ0) is 15.7. The number of ether oxygens (including phenoxy) is 1. The molecule has 1 aliphatic heterocycles. The Bertz CT molecular complexity index is 800. The van der Waals surface area contributed by atoms with E-state index in [1.165, 1.54) is 3.97 Å². The molecule has 2 heterocycles. The first kappa shape index (κ1) is 15.0. The van der Waals surface area contributed by atoms with Crippen LogP contribution in [-0.4, -0.2) is 23.0 Å². The number of halogens is 2. The molecule has 8 heteroatoms. The Morgan fingerprint density at radius 1 is 1.55 bits per heavy atom. The van der Waals surface area contributed by atoms with Gasteiger partial charge < -0.3 is 10.1 Å². The first-order valence-electron chi connectivity index (χ1n) is 6.57. The highest BCUT2D eigenvalue weighted by Gasteiger charge is 2.25. The molecule has 1 amide bonds. The van der Waals surface area contributed by atoms with Crippen LogP contribution in [0.25, 0.3) is 10.9 Å². The lowest BCUT2D eigenvalue weighted by Gasteiger charge is -2.07. The van der Waals surface area contributed by atoms with E-state index in [1.54, 1.807) is 12.1 Å². The molecule has 0 radical (unpaired) electrons. The Morgan fingerprint density at radius 2 is 2.36 bits per heavy atom. The third kappa shape index (κ3) is 2.49. The fourth-order valence-electron chi connectivity index (χ4n) is 2.73. The van der Waals surface area contributed by atoms with Crippen molar-refractivity contribution >= 4 is 40.7 Å². The van der Waals surface area contributed by atoms with E-state index < -0.39 is 0 Å². The van der Waals surface area contributed by atoms with Crippen LogP contribution in [-0.2, 0) is 17.6 Å². The summed E-state index contributed by atoms with van der Waals surface area (Å²) in [4.78, 5) is 11.8. The maximum atomic E-state index is 13.5. The SMILES string of the molecule is N#CCOc1cc(Cl)cc2c1c1c(n2SF)CCNC(=O)C1. The number of rotatable bonds is 3. The van der Waals surface area contributed by atoms with Gasteiger partial charge in [0.1, 0.15) is 11.8 Å². The van der Waals surface area contributed by atoms with Gasteiger partial charge in [-0.2, -0.15) is 5.26 Å². The van der Waals surface area contributed by atoms with E-state index in [1.807, 2.05) is 6.07 Å². The molecule has 114 valence electrons. The van der Waals surface area contributed by atoms with Crippen molar-refractivity contribution in [3.63, 3.8) is 0 Å². The summed E-state index contributed by atoms with van der Waals surface area (Å²) in [6.07, 6.45) is 0.659. The summed E-state index contributed by atoms with van der Waals surface area (Å²) in [5.41, 5.74) is 2.00. The van der Waals surface area contributed by atoms with Crippen molar-refractivity contribution in [2.24, 2.45) is 0 Å². The van der Waals surface area contributed by atoms with E-state index in [0.29, 0.717) is 34.6 Å². The molecule has 1 aromatic heterocycles. The van der Waals surface area contributed by atoms with Crippen molar-refractivity contribution in [2.45, 2.75) is 12.8 Å². The van der Waals surface area contributed by atoms with E-state index in [9.17, 15) is 8.68 Å². The fraction of sp³-hybridized carbons (Fsp3) is 0.286. The zero-order valence-corrected chi connectivity index (χ0v) is 12.9. The minimum Gasteiger partial charge on any atom is -0.478 e. The molecule has 5 nitrogen and oxygen atoms in total. The number of carbonyl (C=O) groups excluding carboxylic acids is 1. The molecule has 0 aliphatic carbocycles. The summed E-state index contributed by atoms with van der Waals surface area (Å²) in [6.45, 7) is 0.301. The summed E-state index contributed by atoms with van der Waals surface area (Å²) < 4.78 is 20.3. The molecule has 22 heavy (non-hydrogen) atoms. The van der Waals surface area contributed by atoms with Gasteiger partial charge in [-0.25, -0.2) is 0 Å². The molecule has 0 bridgehead atoms. The fourth-order valence-corrected chi connectivity index (χ4v) is 3.44. The molecular formula is C14H11ClFN3O2S. The quantitative estimate of drug-likeness (QED) is 0.933.